The number of hydrogen-bond donors (Lipinski definition) is 1. The van der Waals surface area contributed by atoms with Crippen molar-refractivity contribution in [2.75, 3.05) is 18.4 Å². The zero-order valence-corrected chi connectivity index (χ0v) is 16.7. The molecule has 0 unspecified atom stereocenters. The molecule has 1 aliphatic rings. The van der Waals surface area contributed by atoms with Crippen LogP contribution in [-0.2, 0) is 11.3 Å². The van der Waals surface area contributed by atoms with Crippen molar-refractivity contribution in [1.82, 2.24) is 4.90 Å². The second-order valence-corrected chi connectivity index (χ2v) is 8.00. The van der Waals surface area contributed by atoms with Crippen molar-refractivity contribution in [2.45, 2.75) is 33.2 Å². The van der Waals surface area contributed by atoms with E-state index in [0.29, 0.717) is 0 Å². The third-order valence-corrected chi connectivity index (χ3v) is 5.87. The van der Waals surface area contributed by atoms with Crippen LogP contribution in [0.2, 0.25) is 0 Å². The van der Waals surface area contributed by atoms with Gasteiger partial charge in [-0.15, -0.1) is 0 Å². The van der Waals surface area contributed by atoms with Crippen LogP contribution in [0.1, 0.15) is 29.5 Å². The highest BCUT2D eigenvalue weighted by Crippen LogP contribution is 2.25. The Hall–Kier alpha value is -2.65. The number of anilines is 1. The lowest BCUT2D eigenvalue weighted by molar-refractivity contribution is -0.121. The Kier molecular flexibility index (Phi) is 5.45. The number of carbonyl (C=O) groups is 1. The average molecular weight is 373 g/mol. The van der Waals surface area contributed by atoms with Crippen molar-refractivity contribution in [3.8, 4) is 0 Å². The minimum atomic E-state index is 0.101. The Morgan fingerprint density at radius 3 is 2.54 bits per heavy atom. The summed E-state index contributed by atoms with van der Waals surface area (Å²) in [5, 5.41) is 5.77. The Bertz CT molecular complexity index is 982. The van der Waals surface area contributed by atoms with Crippen LogP contribution < -0.4 is 5.32 Å². The maximum absolute atomic E-state index is 12.7. The standard InChI is InChI=1S/C25H28N2O/c1-18-10-11-24(19(2)16-18)26-25(28)21-12-14-27(15-13-21)17-22-8-5-7-20-6-3-4-9-23(20)22/h3-11,16,21H,12-15,17H2,1-2H3,(H,26,28). The molecule has 1 saturated heterocycles. The summed E-state index contributed by atoms with van der Waals surface area (Å²) in [5.41, 5.74) is 4.66. The van der Waals surface area contributed by atoms with E-state index in [2.05, 4.69) is 78.7 Å². The largest absolute Gasteiger partial charge is 0.326 e. The number of benzene rings is 3. The van der Waals surface area contributed by atoms with E-state index in [-0.39, 0.29) is 11.8 Å². The van der Waals surface area contributed by atoms with Crippen molar-refractivity contribution in [3.63, 3.8) is 0 Å². The van der Waals surface area contributed by atoms with Gasteiger partial charge in [-0.2, -0.15) is 0 Å². The summed E-state index contributed by atoms with van der Waals surface area (Å²) in [6.45, 7) is 7.01. The molecule has 0 bridgehead atoms. The molecule has 1 heterocycles. The molecule has 4 rings (SSSR count). The predicted molar refractivity (Wildman–Crippen MR) is 116 cm³/mol. The summed E-state index contributed by atoms with van der Waals surface area (Å²) in [7, 11) is 0. The van der Waals surface area contributed by atoms with E-state index >= 15 is 0 Å². The molecule has 3 aromatic rings. The Morgan fingerprint density at radius 1 is 1.00 bits per heavy atom. The van der Waals surface area contributed by atoms with E-state index in [0.717, 1.165) is 43.7 Å². The molecule has 1 fully saturated rings. The molecule has 0 atom stereocenters. The third-order valence-electron chi connectivity index (χ3n) is 5.87. The zero-order valence-electron chi connectivity index (χ0n) is 16.7. The molecular formula is C25H28N2O. The number of nitrogens with zero attached hydrogens (tertiary/aromatic N) is 1. The van der Waals surface area contributed by atoms with E-state index in [1.54, 1.807) is 0 Å². The normalized spacial score (nSPS) is 15.6. The third kappa shape index (κ3) is 4.10. The number of carbonyl (C=O) groups excluding carboxylic acids is 1. The summed E-state index contributed by atoms with van der Waals surface area (Å²) < 4.78 is 0. The maximum atomic E-state index is 12.7. The van der Waals surface area contributed by atoms with E-state index < -0.39 is 0 Å². The molecule has 1 aliphatic heterocycles. The van der Waals surface area contributed by atoms with Crippen LogP contribution in [0.15, 0.2) is 60.7 Å². The molecule has 144 valence electrons. The molecule has 0 radical (unpaired) electrons. The van der Waals surface area contributed by atoms with Gasteiger partial charge in [0, 0.05) is 18.2 Å². The van der Waals surface area contributed by atoms with Gasteiger partial charge in [-0.05, 0) is 67.7 Å². The molecular weight excluding hydrogens is 344 g/mol. The fourth-order valence-electron chi connectivity index (χ4n) is 4.21. The summed E-state index contributed by atoms with van der Waals surface area (Å²) in [4.78, 5) is 15.2. The van der Waals surface area contributed by atoms with Crippen LogP contribution in [0.25, 0.3) is 10.8 Å². The minimum absolute atomic E-state index is 0.101. The van der Waals surface area contributed by atoms with E-state index in [9.17, 15) is 4.79 Å². The van der Waals surface area contributed by atoms with Crippen molar-refractivity contribution < 1.29 is 4.79 Å². The quantitative estimate of drug-likeness (QED) is 0.673. The number of aryl methyl sites for hydroxylation is 2. The maximum Gasteiger partial charge on any atom is 0.227 e. The topological polar surface area (TPSA) is 32.3 Å². The molecule has 3 heteroatoms. The number of piperidine rings is 1. The smallest absolute Gasteiger partial charge is 0.227 e. The summed E-state index contributed by atoms with van der Waals surface area (Å²) in [5.74, 6) is 0.265. The number of rotatable bonds is 4. The van der Waals surface area contributed by atoms with Gasteiger partial charge in [0.2, 0.25) is 5.91 Å². The summed E-state index contributed by atoms with van der Waals surface area (Å²) >= 11 is 0. The van der Waals surface area contributed by atoms with E-state index in [4.69, 9.17) is 0 Å². The van der Waals surface area contributed by atoms with Gasteiger partial charge in [-0.1, -0.05) is 60.2 Å². The lowest BCUT2D eigenvalue weighted by Gasteiger charge is -2.31. The molecule has 0 saturated carbocycles. The van der Waals surface area contributed by atoms with Gasteiger partial charge in [-0.25, -0.2) is 0 Å². The number of amides is 1. The van der Waals surface area contributed by atoms with Crippen LogP contribution in [0.5, 0.6) is 0 Å². The SMILES string of the molecule is Cc1ccc(NC(=O)C2CCN(Cc3cccc4ccccc34)CC2)c(C)c1. The fraction of sp³-hybridized carbons (Fsp3) is 0.320. The summed E-state index contributed by atoms with van der Waals surface area (Å²) in [6, 6.07) is 21.3. The Balaban J connectivity index is 1.36. The van der Waals surface area contributed by atoms with Gasteiger partial charge < -0.3 is 5.32 Å². The first-order chi connectivity index (χ1) is 13.6. The van der Waals surface area contributed by atoms with Gasteiger partial charge in [-0.3, -0.25) is 9.69 Å². The average Bonchev–Trinajstić information content (AvgIpc) is 2.71. The Morgan fingerprint density at radius 2 is 1.75 bits per heavy atom. The van der Waals surface area contributed by atoms with Gasteiger partial charge in [0.05, 0.1) is 0 Å². The molecule has 1 amide bonds. The van der Waals surface area contributed by atoms with E-state index in [1.165, 1.54) is 21.9 Å². The van der Waals surface area contributed by atoms with Crippen LogP contribution >= 0.6 is 0 Å². The predicted octanol–water partition coefficient (Wildman–Crippen LogP) is 5.31. The Labute approximate surface area is 167 Å². The van der Waals surface area contributed by atoms with Crippen molar-refractivity contribution in [3.05, 3.63) is 77.4 Å². The second kappa shape index (κ2) is 8.15. The van der Waals surface area contributed by atoms with Crippen LogP contribution in [-0.4, -0.2) is 23.9 Å². The second-order valence-electron chi connectivity index (χ2n) is 8.00. The van der Waals surface area contributed by atoms with Crippen molar-refractivity contribution in [2.24, 2.45) is 5.92 Å². The highest BCUT2D eigenvalue weighted by Gasteiger charge is 2.25. The number of hydrogen-bond acceptors (Lipinski definition) is 2. The summed E-state index contributed by atoms with van der Waals surface area (Å²) in [6.07, 6.45) is 1.84. The molecule has 28 heavy (non-hydrogen) atoms. The van der Waals surface area contributed by atoms with Crippen LogP contribution in [0.3, 0.4) is 0 Å². The molecule has 0 aliphatic carbocycles. The van der Waals surface area contributed by atoms with Crippen molar-refractivity contribution >= 4 is 22.4 Å². The van der Waals surface area contributed by atoms with Gasteiger partial charge in [0.15, 0.2) is 0 Å². The van der Waals surface area contributed by atoms with Crippen molar-refractivity contribution in [1.29, 1.82) is 0 Å². The van der Waals surface area contributed by atoms with Gasteiger partial charge in [0.1, 0.15) is 0 Å². The highest BCUT2D eigenvalue weighted by atomic mass is 16.1. The molecule has 3 aromatic carbocycles. The lowest BCUT2D eigenvalue weighted by Crippen LogP contribution is -2.37. The molecule has 3 nitrogen and oxygen atoms in total. The zero-order chi connectivity index (χ0) is 19.5. The number of fused-ring (bicyclic) bond motifs is 1. The fourth-order valence-corrected chi connectivity index (χ4v) is 4.21. The monoisotopic (exact) mass is 372 g/mol. The molecule has 0 aromatic heterocycles. The van der Waals surface area contributed by atoms with Gasteiger partial charge >= 0.3 is 0 Å². The minimum Gasteiger partial charge on any atom is -0.326 e. The molecule has 0 spiro atoms. The van der Waals surface area contributed by atoms with E-state index in [1.807, 2.05) is 6.07 Å². The van der Waals surface area contributed by atoms with Crippen LogP contribution in [0.4, 0.5) is 5.69 Å². The number of nitrogens with one attached hydrogen (secondary N) is 1. The first-order valence-electron chi connectivity index (χ1n) is 10.2. The van der Waals surface area contributed by atoms with Gasteiger partial charge in [0.25, 0.3) is 0 Å². The first kappa shape index (κ1) is 18.7. The number of likely N-dealkylation sites (tertiary alicyclic amines) is 1. The molecule has 1 N–H and O–H groups in total. The highest BCUT2D eigenvalue weighted by molar-refractivity contribution is 5.93. The van der Waals surface area contributed by atoms with Crippen LogP contribution in [0, 0.1) is 19.8 Å². The lowest BCUT2D eigenvalue weighted by atomic mass is 9.94. The first-order valence-corrected chi connectivity index (χ1v) is 10.2.